The van der Waals surface area contributed by atoms with Crippen LogP contribution in [0.15, 0.2) is 71.9 Å². The molecule has 0 aliphatic carbocycles. The molecule has 7 nitrogen and oxygen atoms in total. The van der Waals surface area contributed by atoms with E-state index in [9.17, 15) is 13.2 Å². The Hall–Kier alpha value is -3.39. The number of ether oxygens (including phenoxy) is 1. The van der Waals surface area contributed by atoms with E-state index in [1.807, 2.05) is 32.0 Å². The molecule has 0 aliphatic rings. The number of aryl methyl sites for hydroxylation is 2. The molecule has 0 spiro atoms. The minimum Gasteiger partial charge on any atom is -0.497 e. The fourth-order valence-electron chi connectivity index (χ4n) is 3.01. The summed E-state index contributed by atoms with van der Waals surface area (Å²) in [6.07, 6.45) is 2.75. The third-order valence-electron chi connectivity index (χ3n) is 4.62. The van der Waals surface area contributed by atoms with Crippen LogP contribution in [-0.2, 0) is 14.8 Å². The molecule has 156 valence electrons. The van der Waals surface area contributed by atoms with Gasteiger partial charge >= 0.3 is 0 Å². The van der Waals surface area contributed by atoms with Crippen molar-refractivity contribution in [2.24, 2.45) is 0 Å². The summed E-state index contributed by atoms with van der Waals surface area (Å²) in [5.74, 6) is 0.133. The number of hydrogen-bond acceptors (Lipinski definition) is 5. The molecule has 0 saturated carbocycles. The Balaban J connectivity index is 1.96. The molecule has 30 heavy (non-hydrogen) atoms. The number of nitrogens with zero attached hydrogens (tertiary/aromatic N) is 2. The molecule has 0 saturated heterocycles. The monoisotopic (exact) mass is 425 g/mol. The standard InChI is InChI=1S/C22H23N3O4S/c1-16-6-4-7-17(2)22(16)24-21(26)15-25(18-9-11-19(29-3)12-10-18)30(27,28)20-8-5-13-23-14-20/h4-14H,15H2,1-3H3,(H,24,26). The zero-order valence-corrected chi connectivity index (χ0v) is 17.8. The zero-order chi connectivity index (χ0) is 21.7. The van der Waals surface area contributed by atoms with Gasteiger partial charge < -0.3 is 10.1 Å². The molecule has 0 unspecified atom stereocenters. The first kappa shape index (κ1) is 21.3. The number of hydrogen-bond donors (Lipinski definition) is 1. The Morgan fingerprint density at radius 3 is 2.27 bits per heavy atom. The fourth-order valence-corrected chi connectivity index (χ4v) is 4.40. The smallest absolute Gasteiger partial charge is 0.266 e. The molecular formula is C22H23N3O4S. The molecule has 0 fully saturated rings. The lowest BCUT2D eigenvalue weighted by Gasteiger charge is -2.24. The number of carbonyl (C=O) groups excluding carboxylic acids is 1. The van der Waals surface area contributed by atoms with Gasteiger partial charge in [0.25, 0.3) is 10.0 Å². The number of rotatable bonds is 7. The molecule has 0 radical (unpaired) electrons. The van der Waals surface area contributed by atoms with E-state index < -0.39 is 22.5 Å². The average molecular weight is 426 g/mol. The van der Waals surface area contributed by atoms with Gasteiger partial charge in [0.2, 0.25) is 5.91 Å². The summed E-state index contributed by atoms with van der Waals surface area (Å²) in [4.78, 5) is 16.7. The minimum absolute atomic E-state index is 0.000639. The Morgan fingerprint density at radius 1 is 1.03 bits per heavy atom. The highest BCUT2D eigenvalue weighted by atomic mass is 32.2. The molecule has 0 atom stereocenters. The van der Waals surface area contributed by atoms with Crippen LogP contribution in [0.3, 0.4) is 0 Å². The highest BCUT2D eigenvalue weighted by Gasteiger charge is 2.27. The maximum Gasteiger partial charge on any atom is 0.266 e. The Labute approximate surface area is 176 Å². The van der Waals surface area contributed by atoms with Gasteiger partial charge in [-0.3, -0.25) is 14.1 Å². The predicted molar refractivity (Wildman–Crippen MR) is 116 cm³/mol. The normalized spacial score (nSPS) is 11.0. The van der Waals surface area contributed by atoms with Gasteiger partial charge in [0, 0.05) is 18.1 Å². The van der Waals surface area contributed by atoms with Crippen LogP contribution in [0.5, 0.6) is 5.75 Å². The first-order valence-corrected chi connectivity index (χ1v) is 10.7. The number of aromatic nitrogens is 1. The van der Waals surface area contributed by atoms with E-state index >= 15 is 0 Å². The summed E-state index contributed by atoms with van der Waals surface area (Å²) in [6.45, 7) is 3.38. The topological polar surface area (TPSA) is 88.6 Å². The number of nitrogens with one attached hydrogen (secondary N) is 1. The summed E-state index contributed by atoms with van der Waals surface area (Å²) in [6, 6.07) is 15.1. The summed E-state index contributed by atoms with van der Waals surface area (Å²) >= 11 is 0. The van der Waals surface area contributed by atoms with Crippen molar-refractivity contribution in [3.63, 3.8) is 0 Å². The molecule has 1 N–H and O–H groups in total. The molecule has 0 aliphatic heterocycles. The number of para-hydroxylation sites is 1. The molecule has 8 heteroatoms. The molecule has 1 aromatic heterocycles. The van der Waals surface area contributed by atoms with Gasteiger partial charge in [0.1, 0.15) is 17.2 Å². The Morgan fingerprint density at radius 2 is 1.70 bits per heavy atom. The number of benzene rings is 2. The van der Waals surface area contributed by atoms with Gasteiger partial charge in [-0.2, -0.15) is 0 Å². The number of sulfonamides is 1. The summed E-state index contributed by atoms with van der Waals surface area (Å²) in [5.41, 5.74) is 2.82. The SMILES string of the molecule is COc1ccc(N(CC(=O)Nc2c(C)cccc2C)S(=O)(=O)c2cccnc2)cc1. The molecule has 3 rings (SSSR count). The van der Waals surface area contributed by atoms with Crippen LogP contribution in [0, 0.1) is 13.8 Å². The van der Waals surface area contributed by atoms with E-state index in [4.69, 9.17) is 4.74 Å². The van der Waals surface area contributed by atoms with Gasteiger partial charge in [-0.15, -0.1) is 0 Å². The highest BCUT2D eigenvalue weighted by molar-refractivity contribution is 7.92. The van der Waals surface area contributed by atoms with Crippen LogP contribution in [0.25, 0.3) is 0 Å². The maximum absolute atomic E-state index is 13.3. The number of anilines is 2. The van der Waals surface area contributed by atoms with Crippen molar-refractivity contribution >= 4 is 27.3 Å². The number of pyridine rings is 1. The summed E-state index contributed by atoms with van der Waals surface area (Å²) in [5, 5.41) is 2.84. The minimum atomic E-state index is -4.01. The molecular weight excluding hydrogens is 402 g/mol. The second-order valence-electron chi connectivity index (χ2n) is 6.71. The van der Waals surface area contributed by atoms with Crippen molar-refractivity contribution < 1.29 is 17.9 Å². The third-order valence-corrected chi connectivity index (χ3v) is 6.37. The second kappa shape index (κ2) is 8.96. The van der Waals surface area contributed by atoms with Crippen LogP contribution in [0.1, 0.15) is 11.1 Å². The lowest BCUT2D eigenvalue weighted by molar-refractivity contribution is -0.114. The van der Waals surface area contributed by atoms with Crippen molar-refractivity contribution in [2.75, 3.05) is 23.3 Å². The van der Waals surface area contributed by atoms with Crippen molar-refractivity contribution in [3.05, 3.63) is 78.1 Å². The van der Waals surface area contributed by atoms with Gasteiger partial charge in [-0.05, 0) is 61.4 Å². The molecule has 1 heterocycles. The lowest BCUT2D eigenvalue weighted by Crippen LogP contribution is -2.38. The van der Waals surface area contributed by atoms with Crippen molar-refractivity contribution in [1.82, 2.24) is 4.98 Å². The first-order valence-electron chi connectivity index (χ1n) is 9.26. The van der Waals surface area contributed by atoms with Crippen LogP contribution in [-0.4, -0.2) is 33.0 Å². The lowest BCUT2D eigenvalue weighted by atomic mass is 10.1. The van der Waals surface area contributed by atoms with E-state index in [2.05, 4.69) is 10.3 Å². The quantitative estimate of drug-likeness (QED) is 0.625. The Bertz CT molecular complexity index is 1110. The molecule has 1 amide bonds. The number of amides is 1. The Kier molecular flexibility index (Phi) is 6.37. The van der Waals surface area contributed by atoms with Gasteiger partial charge in [0.15, 0.2) is 0 Å². The molecule has 0 bridgehead atoms. The third kappa shape index (κ3) is 4.60. The van der Waals surface area contributed by atoms with Crippen LogP contribution >= 0.6 is 0 Å². The number of carbonyl (C=O) groups is 1. The molecule has 3 aromatic rings. The maximum atomic E-state index is 13.3. The second-order valence-corrected chi connectivity index (χ2v) is 8.58. The average Bonchev–Trinajstić information content (AvgIpc) is 2.75. The van der Waals surface area contributed by atoms with Gasteiger partial charge in [0.05, 0.1) is 12.8 Å². The first-order chi connectivity index (χ1) is 14.3. The largest absolute Gasteiger partial charge is 0.497 e. The van der Waals surface area contributed by atoms with Gasteiger partial charge in [-0.1, -0.05) is 18.2 Å². The number of methoxy groups -OCH3 is 1. The predicted octanol–water partition coefficient (Wildman–Crippen LogP) is 3.54. The van der Waals surface area contributed by atoms with E-state index in [1.54, 1.807) is 24.3 Å². The fraction of sp³-hybridized carbons (Fsp3) is 0.182. The van der Waals surface area contributed by atoms with Crippen molar-refractivity contribution in [2.45, 2.75) is 18.7 Å². The van der Waals surface area contributed by atoms with Crippen molar-refractivity contribution in [1.29, 1.82) is 0 Å². The van der Waals surface area contributed by atoms with Crippen LogP contribution in [0.4, 0.5) is 11.4 Å². The van der Waals surface area contributed by atoms with E-state index in [1.165, 1.54) is 31.6 Å². The van der Waals surface area contributed by atoms with E-state index in [0.29, 0.717) is 17.1 Å². The van der Waals surface area contributed by atoms with E-state index in [-0.39, 0.29) is 4.90 Å². The van der Waals surface area contributed by atoms with E-state index in [0.717, 1.165) is 15.4 Å². The van der Waals surface area contributed by atoms with Crippen molar-refractivity contribution in [3.8, 4) is 5.75 Å². The van der Waals surface area contributed by atoms with Gasteiger partial charge in [-0.25, -0.2) is 8.42 Å². The van der Waals surface area contributed by atoms with Crippen LogP contribution in [0.2, 0.25) is 0 Å². The summed E-state index contributed by atoms with van der Waals surface area (Å²) in [7, 11) is -2.49. The van der Waals surface area contributed by atoms with Crippen LogP contribution < -0.4 is 14.4 Å². The summed E-state index contributed by atoms with van der Waals surface area (Å²) < 4.78 is 32.8. The zero-order valence-electron chi connectivity index (χ0n) is 17.0. The molecule has 2 aromatic carbocycles. The highest BCUT2D eigenvalue weighted by Crippen LogP contribution is 2.26.